The van der Waals surface area contributed by atoms with E-state index in [1.54, 1.807) is 23.9 Å². The van der Waals surface area contributed by atoms with Gasteiger partial charge in [-0.1, -0.05) is 67.9 Å². The van der Waals surface area contributed by atoms with E-state index in [4.69, 9.17) is 16.3 Å². The third-order valence-electron chi connectivity index (χ3n) is 3.99. The molecule has 0 bridgehead atoms. The van der Waals surface area contributed by atoms with Crippen molar-refractivity contribution in [1.82, 2.24) is 5.32 Å². The lowest BCUT2D eigenvalue weighted by Crippen LogP contribution is -2.27. The van der Waals surface area contributed by atoms with Crippen LogP contribution >= 0.6 is 23.4 Å². The van der Waals surface area contributed by atoms with E-state index < -0.39 is 0 Å². The Hall–Kier alpha value is -2.43. The Morgan fingerprint density at radius 3 is 2.38 bits per heavy atom. The van der Waals surface area contributed by atoms with E-state index >= 15 is 0 Å². The van der Waals surface area contributed by atoms with Gasteiger partial charge in [-0.15, -0.1) is 11.8 Å². The maximum Gasteiger partial charge on any atom is 0.248 e. The molecule has 3 nitrogen and oxygen atoms in total. The quantitative estimate of drug-likeness (QED) is 0.504. The van der Waals surface area contributed by atoms with E-state index in [9.17, 15) is 4.79 Å². The summed E-state index contributed by atoms with van der Waals surface area (Å²) >= 11 is 7.63. The number of thioether (sulfide) groups is 1. The predicted molar refractivity (Wildman–Crippen MR) is 124 cm³/mol. The second kappa shape index (κ2) is 12.2. The number of ether oxygens (including phenoxy) is 1. The van der Waals surface area contributed by atoms with Gasteiger partial charge in [-0.05, 0) is 54.7 Å². The molecule has 0 heterocycles. The summed E-state index contributed by atoms with van der Waals surface area (Å²) in [7, 11) is 0. The van der Waals surface area contributed by atoms with Gasteiger partial charge in [0.25, 0.3) is 0 Å². The van der Waals surface area contributed by atoms with Crippen molar-refractivity contribution < 1.29 is 9.53 Å². The Morgan fingerprint density at radius 2 is 1.72 bits per heavy atom. The van der Waals surface area contributed by atoms with Crippen LogP contribution < -0.4 is 10.1 Å². The molecule has 152 valence electrons. The van der Waals surface area contributed by atoms with Gasteiger partial charge in [0.15, 0.2) is 0 Å². The zero-order chi connectivity index (χ0) is 21.1. The fourth-order valence-electron chi connectivity index (χ4n) is 2.61. The topological polar surface area (TPSA) is 38.3 Å². The van der Waals surface area contributed by atoms with Crippen LogP contribution in [0.3, 0.4) is 0 Å². The molecule has 1 aliphatic rings. The summed E-state index contributed by atoms with van der Waals surface area (Å²) in [5, 5.41) is 3.46. The molecule has 0 aliphatic heterocycles. The average Bonchev–Trinajstić information content (AvgIpc) is 2.99. The number of carbonyl (C=O) groups is 1. The Bertz CT molecular complexity index is 874. The SMILES string of the molecule is CC.CSC(NC(=O)C1=CC(Cl)=CC=CC1)c1ccc(Oc2ccccc2)cc1. The van der Waals surface area contributed by atoms with Crippen molar-refractivity contribution in [2.75, 3.05) is 6.26 Å². The van der Waals surface area contributed by atoms with Gasteiger partial charge < -0.3 is 10.1 Å². The summed E-state index contributed by atoms with van der Waals surface area (Å²) in [6.07, 6.45) is 9.79. The predicted octanol–water partition coefficient (Wildman–Crippen LogP) is 6.99. The molecule has 0 saturated carbocycles. The molecule has 0 aromatic heterocycles. The number of rotatable bonds is 6. The van der Waals surface area contributed by atoms with E-state index in [-0.39, 0.29) is 11.3 Å². The highest BCUT2D eigenvalue weighted by atomic mass is 35.5. The number of allylic oxidation sites excluding steroid dienone is 5. The summed E-state index contributed by atoms with van der Waals surface area (Å²) in [5.41, 5.74) is 1.65. The number of hydrogen-bond donors (Lipinski definition) is 1. The average molecular weight is 428 g/mol. The molecule has 1 aliphatic carbocycles. The van der Waals surface area contributed by atoms with Crippen molar-refractivity contribution in [3.8, 4) is 11.5 Å². The van der Waals surface area contributed by atoms with E-state index in [2.05, 4.69) is 5.32 Å². The maximum absolute atomic E-state index is 12.6. The van der Waals surface area contributed by atoms with Crippen LogP contribution in [0.5, 0.6) is 11.5 Å². The van der Waals surface area contributed by atoms with E-state index in [1.807, 2.05) is 86.9 Å². The first kappa shape index (κ1) is 22.9. The highest BCUT2D eigenvalue weighted by Gasteiger charge is 2.17. The van der Waals surface area contributed by atoms with Gasteiger partial charge in [0, 0.05) is 10.6 Å². The second-order valence-electron chi connectivity index (χ2n) is 5.93. The lowest BCUT2D eigenvalue weighted by atomic mass is 10.1. The van der Waals surface area contributed by atoms with Gasteiger partial charge in [-0.3, -0.25) is 4.79 Å². The third kappa shape index (κ3) is 7.15. The van der Waals surface area contributed by atoms with Gasteiger partial charge in [-0.25, -0.2) is 0 Å². The molecule has 2 aromatic rings. The molecule has 0 spiro atoms. The number of hydrogen-bond acceptors (Lipinski definition) is 3. The van der Waals surface area contributed by atoms with Gasteiger partial charge in [-0.2, -0.15) is 0 Å². The van der Waals surface area contributed by atoms with Crippen LogP contribution in [-0.2, 0) is 4.79 Å². The van der Waals surface area contributed by atoms with E-state index in [0.717, 1.165) is 17.1 Å². The Kier molecular flexibility index (Phi) is 9.62. The molecular formula is C24H26ClNO2S. The van der Waals surface area contributed by atoms with Crippen LogP contribution in [0.15, 0.2) is 89.5 Å². The fourth-order valence-corrected chi connectivity index (χ4v) is 3.47. The molecule has 29 heavy (non-hydrogen) atoms. The first-order valence-electron chi connectivity index (χ1n) is 9.55. The maximum atomic E-state index is 12.6. The molecule has 5 heteroatoms. The lowest BCUT2D eigenvalue weighted by molar-refractivity contribution is -0.117. The van der Waals surface area contributed by atoms with Crippen molar-refractivity contribution in [3.05, 3.63) is 95.1 Å². The van der Waals surface area contributed by atoms with Crippen molar-refractivity contribution in [1.29, 1.82) is 0 Å². The number of para-hydroxylation sites is 1. The van der Waals surface area contributed by atoms with Crippen LogP contribution in [0.25, 0.3) is 0 Å². The van der Waals surface area contributed by atoms with Gasteiger partial charge in [0.05, 0.1) is 0 Å². The molecule has 2 aromatic carbocycles. The molecule has 0 fully saturated rings. The first-order chi connectivity index (χ1) is 14.2. The standard InChI is InChI=1S/C22H20ClNO2S.C2H6/c1-27-22(24-21(25)17-7-5-6-8-18(23)15-17)16-11-13-20(14-12-16)26-19-9-3-2-4-10-19;1-2/h2-6,8-15,22H,7H2,1H3,(H,24,25);1-2H3. The minimum Gasteiger partial charge on any atom is -0.457 e. The van der Waals surface area contributed by atoms with Crippen LogP contribution in [-0.4, -0.2) is 12.2 Å². The molecule has 0 saturated heterocycles. The summed E-state index contributed by atoms with van der Waals surface area (Å²) in [4.78, 5) is 12.6. The van der Waals surface area contributed by atoms with Crippen molar-refractivity contribution >= 4 is 29.3 Å². The van der Waals surface area contributed by atoms with E-state index in [0.29, 0.717) is 17.0 Å². The molecule has 1 N–H and O–H groups in total. The van der Waals surface area contributed by atoms with Crippen LogP contribution in [0.1, 0.15) is 31.2 Å². The van der Waals surface area contributed by atoms with Gasteiger partial charge >= 0.3 is 0 Å². The lowest BCUT2D eigenvalue weighted by Gasteiger charge is -2.18. The molecule has 0 radical (unpaired) electrons. The minimum atomic E-state index is -0.154. The Morgan fingerprint density at radius 1 is 1.07 bits per heavy atom. The molecule has 1 amide bonds. The smallest absolute Gasteiger partial charge is 0.248 e. The summed E-state index contributed by atoms with van der Waals surface area (Å²) in [5.74, 6) is 1.43. The van der Waals surface area contributed by atoms with Crippen molar-refractivity contribution in [2.45, 2.75) is 25.6 Å². The van der Waals surface area contributed by atoms with Crippen molar-refractivity contribution in [2.24, 2.45) is 0 Å². The minimum absolute atomic E-state index is 0.114. The summed E-state index contributed by atoms with van der Waals surface area (Å²) in [6.45, 7) is 4.00. The largest absolute Gasteiger partial charge is 0.457 e. The zero-order valence-corrected chi connectivity index (χ0v) is 18.5. The summed E-state index contributed by atoms with van der Waals surface area (Å²) < 4.78 is 5.82. The normalized spacial score (nSPS) is 13.8. The Balaban J connectivity index is 0.00000145. The van der Waals surface area contributed by atoms with Crippen molar-refractivity contribution in [3.63, 3.8) is 0 Å². The second-order valence-corrected chi connectivity index (χ2v) is 7.31. The van der Waals surface area contributed by atoms with Crippen LogP contribution in [0, 0.1) is 0 Å². The number of benzene rings is 2. The van der Waals surface area contributed by atoms with Gasteiger partial charge in [0.2, 0.25) is 5.91 Å². The molecule has 1 unspecified atom stereocenters. The summed E-state index contributed by atoms with van der Waals surface area (Å²) in [6, 6.07) is 17.4. The Labute approximate surface area is 182 Å². The number of halogens is 1. The monoisotopic (exact) mass is 427 g/mol. The van der Waals surface area contributed by atoms with E-state index in [1.165, 1.54) is 0 Å². The molecule has 3 rings (SSSR count). The van der Waals surface area contributed by atoms with Gasteiger partial charge in [0.1, 0.15) is 16.9 Å². The third-order valence-corrected chi connectivity index (χ3v) is 5.09. The fraction of sp³-hybridized carbons (Fsp3) is 0.208. The number of amides is 1. The highest BCUT2D eigenvalue weighted by Crippen LogP contribution is 2.28. The molecular weight excluding hydrogens is 402 g/mol. The van der Waals surface area contributed by atoms with Crippen LogP contribution in [0.2, 0.25) is 0 Å². The highest BCUT2D eigenvalue weighted by molar-refractivity contribution is 7.98. The number of nitrogens with one attached hydrogen (secondary N) is 1. The molecule has 1 atom stereocenters. The number of carbonyl (C=O) groups excluding carboxylic acids is 1. The zero-order valence-electron chi connectivity index (χ0n) is 16.9. The first-order valence-corrected chi connectivity index (χ1v) is 11.2. The van der Waals surface area contributed by atoms with Crippen LogP contribution in [0.4, 0.5) is 0 Å².